The Labute approximate surface area is 94.2 Å². The average molecular weight is 206 g/mol. The molecule has 0 aromatic rings. The van der Waals surface area contributed by atoms with Gasteiger partial charge in [0.05, 0.1) is 6.61 Å². The second kappa shape index (κ2) is 9.55. The van der Waals surface area contributed by atoms with Crippen LogP contribution in [0.3, 0.4) is 0 Å². The monoisotopic (exact) mass is 206 g/mol. The molecular formula is C14H22O. The SMILES string of the molecule is CC(C)=CCCC#CCOCC=C(C)C. The summed E-state index contributed by atoms with van der Waals surface area (Å²) in [6, 6.07) is 0. The lowest BCUT2D eigenvalue weighted by Crippen LogP contribution is -1.91. The van der Waals surface area contributed by atoms with Crippen LogP contribution in [0, 0.1) is 11.8 Å². The Bertz CT molecular complexity index is 265. The first kappa shape index (κ1) is 14.0. The molecule has 1 nitrogen and oxygen atoms in total. The molecule has 0 N–H and O–H groups in total. The van der Waals surface area contributed by atoms with E-state index in [4.69, 9.17) is 4.74 Å². The Morgan fingerprint density at radius 2 is 1.67 bits per heavy atom. The second-order valence-electron chi connectivity index (χ2n) is 3.97. The highest BCUT2D eigenvalue weighted by Crippen LogP contribution is 1.95. The van der Waals surface area contributed by atoms with E-state index < -0.39 is 0 Å². The lowest BCUT2D eigenvalue weighted by molar-refractivity contribution is 0.198. The van der Waals surface area contributed by atoms with Crippen molar-refractivity contribution in [3.05, 3.63) is 23.3 Å². The molecule has 0 rings (SSSR count). The summed E-state index contributed by atoms with van der Waals surface area (Å²) in [5.74, 6) is 6.09. The molecule has 15 heavy (non-hydrogen) atoms. The molecule has 0 aliphatic rings. The van der Waals surface area contributed by atoms with E-state index >= 15 is 0 Å². The van der Waals surface area contributed by atoms with E-state index in [1.54, 1.807) is 0 Å². The molecule has 0 aromatic heterocycles. The quantitative estimate of drug-likeness (QED) is 0.378. The third-order valence-corrected chi connectivity index (χ3v) is 1.73. The van der Waals surface area contributed by atoms with Gasteiger partial charge in [-0.15, -0.1) is 5.92 Å². The largest absolute Gasteiger partial charge is 0.365 e. The predicted octanol–water partition coefficient (Wildman–Crippen LogP) is 3.72. The van der Waals surface area contributed by atoms with Crippen molar-refractivity contribution in [3.8, 4) is 11.8 Å². The molecule has 0 amide bonds. The molecule has 84 valence electrons. The molecule has 0 fully saturated rings. The number of allylic oxidation sites excluding steroid dienone is 3. The molecule has 0 saturated heterocycles. The van der Waals surface area contributed by atoms with E-state index in [9.17, 15) is 0 Å². The number of rotatable bonds is 5. The summed E-state index contributed by atoms with van der Waals surface area (Å²) in [6.45, 7) is 9.55. The van der Waals surface area contributed by atoms with Gasteiger partial charge < -0.3 is 4.74 Å². The maximum Gasteiger partial charge on any atom is 0.108 e. The van der Waals surface area contributed by atoms with Crippen LogP contribution in [0.15, 0.2) is 23.3 Å². The van der Waals surface area contributed by atoms with E-state index in [-0.39, 0.29) is 0 Å². The summed E-state index contributed by atoms with van der Waals surface area (Å²) < 4.78 is 5.31. The minimum atomic E-state index is 0.540. The molecule has 0 heterocycles. The lowest BCUT2D eigenvalue weighted by Gasteiger charge is -1.93. The van der Waals surface area contributed by atoms with Crippen LogP contribution in [0.5, 0.6) is 0 Å². The van der Waals surface area contributed by atoms with Gasteiger partial charge in [0.15, 0.2) is 0 Å². The van der Waals surface area contributed by atoms with E-state index in [2.05, 4.69) is 51.7 Å². The fraction of sp³-hybridized carbons (Fsp3) is 0.571. The molecule has 0 saturated carbocycles. The zero-order valence-corrected chi connectivity index (χ0v) is 10.4. The summed E-state index contributed by atoms with van der Waals surface area (Å²) >= 11 is 0. The number of hydrogen-bond donors (Lipinski definition) is 0. The maximum absolute atomic E-state index is 5.31. The van der Waals surface area contributed by atoms with Crippen LogP contribution < -0.4 is 0 Å². The van der Waals surface area contributed by atoms with Crippen molar-refractivity contribution < 1.29 is 4.74 Å². The van der Waals surface area contributed by atoms with Crippen LogP contribution in [0.4, 0.5) is 0 Å². The number of ether oxygens (including phenoxy) is 1. The number of hydrogen-bond acceptors (Lipinski definition) is 1. The smallest absolute Gasteiger partial charge is 0.108 e. The van der Waals surface area contributed by atoms with Gasteiger partial charge in [0.2, 0.25) is 0 Å². The molecule has 0 unspecified atom stereocenters. The fourth-order valence-electron chi connectivity index (χ4n) is 0.908. The molecule has 0 spiro atoms. The Morgan fingerprint density at radius 1 is 1.00 bits per heavy atom. The Hall–Kier alpha value is -1.00. The van der Waals surface area contributed by atoms with E-state index in [0.717, 1.165) is 12.8 Å². The van der Waals surface area contributed by atoms with Crippen molar-refractivity contribution in [2.75, 3.05) is 13.2 Å². The summed E-state index contributed by atoms with van der Waals surface area (Å²) in [4.78, 5) is 0. The van der Waals surface area contributed by atoms with Crippen molar-refractivity contribution in [1.29, 1.82) is 0 Å². The predicted molar refractivity (Wildman–Crippen MR) is 66.7 cm³/mol. The van der Waals surface area contributed by atoms with E-state index in [1.165, 1.54) is 11.1 Å². The minimum absolute atomic E-state index is 0.540. The van der Waals surface area contributed by atoms with Gasteiger partial charge in [0, 0.05) is 6.42 Å². The van der Waals surface area contributed by atoms with Crippen LogP contribution in [0.1, 0.15) is 40.5 Å². The molecule has 1 heteroatoms. The molecule has 0 aliphatic carbocycles. The first-order valence-corrected chi connectivity index (χ1v) is 5.43. The first-order chi connectivity index (χ1) is 7.13. The van der Waals surface area contributed by atoms with Crippen molar-refractivity contribution in [2.24, 2.45) is 0 Å². The molecule has 0 atom stereocenters. The number of unbranched alkanes of at least 4 members (excludes halogenated alkanes) is 1. The normalized spacial score (nSPS) is 8.80. The maximum atomic E-state index is 5.31. The van der Waals surface area contributed by atoms with Gasteiger partial charge in [0.1, 0.15) is 6.61 Å². The van der Waals surface area contributed by atoms with Crippen LogP contribution in [0.25, 0.3) is 0 Å². The third kappa shape index (κ3) is 13.0. The molecule has 0 bridgehead atoms. The van der Waals surface area contributed by atoms with Gasteiger partial charge in [-0.1, -0.05) is 29.2 Å². The van der Waals surface area contributed by atoms with Crippen LogP contribution in [0.2, 0.25) is 0 Å². The van der Waals surface area contributed by atoms with E-state index in [1.807, 2.05) is 0 Å². The van der Waals surface area contributed by atoms with Crippen LogP contribution in [-0.4, -0.2) is 13.2 Å². The van der Waals surface area contributed by atoms with Gasteiger partial charge in [-0.05, 0) is 34.1 Å². The van der Waals surface area contributed by atoms with Crippen molar-refractivity contribution in [3.63, 3.8) is 0 Å². The first-order valence-electron chi connectivity index (χ1n) is 5.43. The van der Waals surface area contributed by atoms with Crippen LogP contribution in [-0.2, 0) is 4.74 Å². The Morgan fingerprint density at radius 3 is 2.27 bits per heavy atom. The fourth-order valence-corrected chi connectivity index (χ4v) is 0.908. The highest BCUT2D eigenvalue weighted by atomic mass is 16.5. The molecule has 0 aromatic carbocycles. The van der Waals surface area contributed by atoms with Gasteiger partial charge in [-0.3, -0.25) is 0 Å². The summed E-state index contributed by atoms with van der Waals surface area (Å²) in [5, 5.41) is 0. The molecular weight excluding hydrogens is 184 g/mol. The zero-order valence-electron chi connectivity index (χ0n) is 10.4. The Balaban J connectivity index is 3.40. The van der Waals surface area contributed by atoms with Gasteiger partial charge >= 0.3 is 0 Å². The zero-order chi connectivity index (χ0) is 11.5. The molecule has 0 radical (unpaired) electrons. The van der Waals surface area contributed by atoms with Crippen molar-refractivity contribution in [1.82, 2.24) is 0 Å². The second-order valence-corrected chi connectivity index (χ2v) is 3.97. The van der Waals surface area contributed by atoms with Crippen molar-refractivity contribution in [2.45, 2.75) is 40.5 Å². The van der Waals surface area contributed by atoms with Gasteiger partial charge in [0.25, 0.3) is 0 Å². The topological polar surface area (TPSA) is 9.23 Å². The highest BCUT2D eigenvalue weighted by molar-refractivity contribution is 5.02. The summed E-state index contributed by atoms with van der Waals surface area (Å²) in [6.07, 6.45) is 6.24. The third-order valence-electron chi connectivity index (χ3n) is 1.73. The summed E-state index contributed by atoms with van der Waals surface area (Å²) in [5.41, 5.74) is 2.64. The molecule has 0 aliphatic heterocycles. The van der Waals surface area contributed by atoms with Gasteiger partial charge in [-0.25, -0.2) is 0 Å². The van der Waals surface area contributed by atoms with Gasteiger partial charge in [-0.2, -0.15) is 0 Å². The minimum Gasteiger partial charge on any atom is -0.365 e. The lowest BCUT2D eigenvalue weighted by atomic mass is 10.2. The summed E-state index contributed by atoms with van der Waals surface area (Å²) in [7, 11) is 0. The Kier molecular flexibility index (Phi) is 8.91. The van der Waals surface area contributed by atoms with Crippen LogP contribution >= 0.6 is 0 Å². The van der Waals surface area contributed by atoms with E-state index in [0.29, 0.717) is 13.2 Å². The van der Waals surface area contributed by atoms with Crippen molar-refractivity contribution >= 4 is 0 Å². The highest BCUT2D eigenvalue weighted by Gasteiger charge is 1.81. The average Bonchev–Trinajstić information content (AvgIpc) is 2.14. The standard InChI is InChI=1S/C14H22O/c1-13(2)9-7-5-6-8-11-15-12-10-14(3)4/h9-10H,5,7,11-12H2,1-4H3.